The predicted octanol–water partition coefficient (Wildman–Crippen LogP) is -0.724. The second-order valence-electron chi connectivity index (χ2n) is 0.101. The standard InChI is InChI=1S/Al.Ca.2FH.3H/h;;2*1H;;;/q;+2;;;;;/p-2. The van der Waals surface area contributed by atoms with Gasteiger partial charge in [0.05, 0.1) is 0 Å². The van der Waals surface area contributed by atoms with Gasteiger partial charge in [-0.1, -0.05) is 0 Å². The summed E-state index contributed by atoms with van der Waals surface area (Å²) < 4.78 is 19.6. The van der Waals surface area contributed by atoms with Crippen LogP contribution in [0.1, 0.15) is 0 Å². The topological polar surface area (TPSA) is 0 Å². The Bertz CT molecular complexity index is 6.00. The Morgan fingerprint density at radius 3 is 1.25 bits per heavy atom. The number of hydrogen-bond donors (Lipinski definition) is 0. The van der Waals surface area contributed by atoms with Crippen LogP contribution >= 0.6 is 0 Å². The van der Waals surface area contributed by atoms with Crippen molar-refractivity contribution in [3.8, 4) is 0 Å². The molecule has 22 valence electrons. The molecule has 0 spiro atoms. The van der Waals surface area contributed by atoms with Crippen molar-refractivity contribution in [1.82, 2.24) is 0 Å². The number of rotatable bonds is 0. The van der Waals surface area contributed by atoms with E-state index in [-0.39, 0.29) is 17.4 Å². The van der Waals surface area contributed by atoms with Crippen LogP contribution in [0.15, 0.2) is 0 Å². The first kappa shape index (κ1) is 9.17. The summed E-state index contributed by atoms with van der Waals surface area (Å²) in [4.78, 5) is 0. The van der Waals surface area contributed by atoms with Crippen molar-refractivity contribution in [2.75, 3.05) is 0 Å². The molecule has 0 fully saturated rings. The summed E-state index contributed by atoms with van der Waals surface area (Å²) in [7, 11) is 0. The third-order valence-corrected chi connectivity index (χ3v) is 0. The molecule has 0 aliphatic carbocycles. The van der Waals surface area contributed by atoms with E-state index in [4.69, 9.17) is 0 Å². The first-order valence-electron chi connectivity index (χ1n) is 0.535. The summed E-state index contributed by atoms with van der Waals surface area (Å²) in [5.74, 6) is 0. The van der Waals surface area contributed by atoms with Crippen LogP contribution in [0.25, 0.3) is 0 Å². The number of halogens is 2. The molecule has 0 N–H and O–H groups in total. The first-order valence-corrected chi connectivity index (χ1v) is 2.20. The van der Waals surface area contributed by atoms with Crippen molar-refractivity contribution in [1.29, 1.82) is 0 Å². The summed E-state index contributed by atoms with van der Waals surface area (Å²) in [5.41, 5.74) is 0. The zero-order valence-electron chi connectivity index (χ0n) is 1.46. The van der Waals surface area contributed by atoms with Crippen LogP contribution in [0.5, 0.6) is 0 Å². The van der Waals surface area contributed by atoms with Gasteiger partial charge in [-0.15, -0.1) is 0 Å². The molecule has 0 rings (SSSR count). The Balaban J connectivity index is 0. The van der Waals surface area contributed by atoms with E-state index in [1.807, 2.05) is 0 Å². The maximum atomic E-state index is 9.81. The summed E-state index contributed by atoms with van der Waals surface area (Å²) >= 11 is -2.88. The zero-order valence-corrected chi connectivity index (χ0v) is 3.67. The molecule has 0 heterocycles. The van der Waals surface area contributed by atoms with Crippen LogP contribution in [0, 0.1) is 0 Å². The second-order valence-corrected chi connectivity index (χ2v) is 0.416. The summed E-state index contributed by atoms with van der Waals surface area (Å²) in [5, 5.41) is 0. The molecule has 0 saturated heterocycles. The van der Waals surface area contributed by atoms with E-state index in [1.54, 1.807) is 0 Å². The van der Waals surface area contributed by atoms with Gasteiger partial charge in [0, 0.05) is 0 Å². The Hall–Kier alpha value is 1.65. The van der Waals surface area contributed by atoms with Crippen molar-refractivity contribution in [2.24, 2.45) is 0 Å². The normalized spacial score (nSPS) is 2.50. The van der Waals surface area contributed by atoms with Crippen LogP contribution in [-0.4, -0.2) is 52.8 Å². The van der Waals surface area contributed by atoms with Crippen LogP contribution in [0.2, 0.25) is 0 Å². The molecule has 4 heteroatoms. The summed E-state index contributed by atoms with van der Waals surface area (Å²) in [6.45, 7) is 0. The molecule has 0 atom stereocenters. The van der Waals surface area contributed by atoms with Gasteiger partial charge in [-0.2, -0.15) is 0 Å². The van der Waals surface area contributed by atoms with Crippen LogP contribution < -0.4 is 0 Å². The van der Waals surface area contributed by atoms with Gasteiger partial charge in [-0.05, 0) is 0 Å². The van der Waals surface area contributed by atoms with E-state index in [1.165, 1.54) is 0 Å². The monoisotopic (exact) mass is 108 g/mol. The van der Waals surface area contributed by atoms with E-state index in [0.717, 1.165) is 0 Å². The molecule has 0 unspecified atom stereocenters. The van der Waals surface area contributed by atoms with E-state index >= 15 is 0 Å². The predicted molar refractivity (Wildman–Crippen MR) is 17.9 cm³/mol. The molecule has 0 aliphatic rings. The van der Waals surface area contributed by atoms with Gasteiger partial charge >= 0.3 is 38.1 Å². The molecular weight excluding hydrogens is 105 g/mol. The van der Waals surface area contributed by atoms with Crippen LogP contribution in [-0.2, 0) is 0 Å². The van der Waals surface area contributed by atoms with Crippen molar-refractivity contribution < 1.29 is 2.73 Å². The fourth-order valence-electron chi connectivity index (χ4n) is 0. The molecular formula is H3AlCaF2. The van der Waals surface area contributed by atoms with Gasteiger partial charge in [-0.3, -0.25) is 0 Å². The third kappa shape index (κ3) is 9.41. The van der Waals surface area contributed by atoms with Crippen molar-refractivity contribution in [2.45, 2.75) is 0 Å². The molecule has 0 radical (unpaired) electrons. The van der Waals surface area contributed by atoms with Gasteiger partial charge in [-0.25, -0.2) is 0 Å². The fraction of sp³-hybridized carbons (Fsp3) is 0. The maximum absolute atomic E-state index is 9.81. The molecule has 0 aliphatic heterocycles. The van der Waals surface area contributed by atoms with Crippen molar-refractivity contribution >= 4 is 52.8 Å². The van der Waals surface area contributed by atoms with E-state index < -0.39 is 35.4 Å². The summed E-state index contributed by atoms with van der Waals surface area (Å²) in [6.07, 6.45) is 0. The van der Waals surface area contributed by atoms with Crippen LogP contribution in [0.3, 0.4) is 0 Å². The SMILES string of the molecule is [AlH3].[F][Ca][F]. The van der Waals surface area contributed by atoms with E-state index in [9.17, 15) is 2.73 Å². The molecule has 0 bridgehead atoms. The Morgan fingerprint density at radius 2 is 1.25 bits per heavy atom. The second kappa shape index (κ2) is 8.82. The van der Waals surface area contributed by atoms with Crippen molar-refractivity contribution in [3.05, 3.63) is 0 Å². The average Bonchev–Trinajstić information content (AvgIpc) is 0.918. The van der Waals surface area contributed by atoms with Gasteiger partial charge in [0.15, 0.2) is 17.4 Å². The van der Waals surface area contributed by atoms with Gasteiger partial charge < -0.3 is 0 Å². The molecule has 0 aromatic rings. The first-order chi connectivity index (χ1) is 1.41. The minimum atomic E-state index is -2.88. The Labute approximate surface area is 54.8 Å². The average molecular weight is 108 g/mol. The van der Waals surface area contributed by atoms with Crippen LogP contribution in [0.4, 0.5) is 2.73 Å². The molecule has 0 amide bonds. The fourth-order valence-corrected chi connectivity index (χ4v) is 0. The van der Waals surface area contributed by atoms with E-state index in [2.05, 4.69) is 0 Å². The number of hydrogen-bond acceptors (Lipinski definition) is 0. The van der Waals surface area contributed by atoms with Gasteiger partial charge in [0.2, 0.25) is 0 Å². The molecule has 0 aromatic heterocycles. The van der Waals surface area contributed by atoms with Gasteiger partial charge in [0.1, 0.15) is 0 Å². The minimum absolute atomic E-state index is 0. The Morgan fingerprint density at radius 1 is 1.25 bits per heavy atom. The van der Waals surface area contributed by atoms with E-state index in [0.29, 0.717) is 0 Å². The molecule has 0 nitrogen and oxygen atoms in total. The zero-order chi connectivity index (χ0) is 2.71. The quantitative estimate of drug-likeness (QED) is 0.359. The van der Waals surface area contributed by atoms with Crippen molar-refractivity contribution in [3.63, 3.8) is 0 Å². The molecule has 4 heavy (non-hydrogen) atoms. The van der Waals surface area contributed by atoms with Gasteiger partial charge in [0.25, 0.3) is 0 Å². The molecule has 0 aromatic carbocycles. The molecule has 0 saturated carbocycles. The Kier molecular flexibility index (Phi) is 20.2. The summed E-state index contributed by atoms with van der Waals surface area (Å²) in [6, 6.07) is 0. The third-order valence-electron chi connectivity index (χ3n) is 0.